The quantitative estimate of drug-likeness (QED) is 0.199. The summed E-state index contributed by atoms with van der Waals surface area (Å²) in [5, 5.41) is 7.23. The van der Waals surface area contributed by atoms with Crippen molar-refractivity contribution in [2.45, 2.75) is 65.5 Å². The van der Waals surface area contributed by atoms with Gasteiger partial charge in [0.25, 0.3) is 0 Å². The molecule has 0 fully saturated rings. The highest BCUT2D eigenvalue weighted by atomic mass is 19.4. The highest BCUT2D eigenvalue weighted by Gasteiger charge is 2.39. The average Bonchev–Trinajstić information content (AvgIpc) is 3.35. The Balaban J connectivity index is 1.65. The molecule has 0 aliphatic carbocycles. The molecule has 0 radical (unpaired) electrons. The minimum absolute atomic E-state index is 0.111. The molecular formula is C33H32F7N5O. The Morgan fingerprint density at radius 2 is 1.63 bits per heavy atom. The third-order valence-corrected chi connectivity index (χ3v) is 8.25. The molecule has 0 atom stereocenters. The molecule has 46 heavy (non-hydrogen) atoms. The second kappa shape index (κ2) is 12.4. The summed E-state index contributed by atoms with van der Waals surface area (Å²) in [6.45, 7) is 5.88. The first-order valence-electron chi connectivity index (χ1n) is 14.7. The number of carbonyl (C=O) groups is 1. The molecule has 0 bridgehead atoms. The van der Waals surface area contributed by atoms with Crippen LogP contribution < -0.4 is 11.1 Å². The Bertz CT molecular complexity index is 1770. The lowest BCUT2D eigenvalue weighted by atomic mass is 9.95. The Labute approximate surface area is 261 Å². The van der Waals surface area contributed by atoms with Gasteiger partial charge in [0.1, 0.15) is 5.82 Å². The Morgan fingerprint density at radius 1 is 0.957 bits per heavy atom. The van der Waals surface area contributed by atoms with Gasteiger partial charge in [-0.1, -0.05) is 38.1 Å². The number of para-hydroxylation sites is 1. The van der Waals surface area contributed by atoms with E-state index >= 15 is 4.39 Å². The van der Waals surface area contributed by atoms with Crippen molar-refractivity contribution in [2.75, 3.05) is 11.9 Å². The zero-order chi connectivity index (χ0) is 33.6. The summed E-state index contributed by atoms with van der Waals surface area (Å²) >= 11 is 0. The first-order chi connectivity index (χ1) is 21.6. The van der Waals surface area contributed by atoms with Crippen molar-refractivity contribution in [1.82, 2.24) is 14.7 Å². The lowest BCUT2D eigenvalue weighted by molar-refractivity contribution is -0.143. The summed E-state index contributed by atoms with van der Waals surface area (Å²) in [5.74, 6) is -0.743. The number of benzene rings is 3. The van der Waals surface area contributed by atoms with Crippen molar-refractivity contribution in [1.29, 1.82) is 0 Å². The summed E-state index contributed by atoms with van der Waals surface area (Å²) in [6.07, 6.45) is -8.24. The van der Waals surface area contributed by atoms with Gasteiger partial charge in [-0.2, -0.15) is 31.4 Å². The molecule has 6 nitrogen and oxygen atoms in total. The van der Waals surface area contributed by atoms with Crippen LogP contribution in [0.15, 0.2) is 48.5 Å². The van der Waals surface area contributed by atoms with Crippen molar-refractivity contribution < 1.29 is 35.5 Å². The van der Waals surface area contributed by atoms with E-state index in [1.54, 1.807) is 16.5 Å². The fourth-order valence-electron chi connectivity index (χ4n) is 6.05. The van der Waals surface area contributed by atoms with Gasteiger partial charge in [-0.15, -0.1) is 0 Å². The number of primary amides is 1. The topological polar surface area (TPSA) is 76.2 Å². The highest BCUT2D eigenvalue weighted by molar-refractivity contribution is 5.89. The van der Waals surface area contributed by atoms with Crippen LogP contribution in [0.3, 0.4) is 0 Å². The minimum Gasteiger partial charge on any atom is -0.351 e. The van der Waals surface area contributed by atoms with Crippen LogP contribution >= 0.6 is 0 Å². The maximum atomic E-state index is 15.4. The van der Waals surface area contributed by atoms with E-state index in [1.807, 2.05) is 32.0 Å². The number of fused-ring (bicyclic) bond motifs is 1. The minimum atomic E-state index is -5.00. The molecular weight excluding hydrogens is 615 g/mol. The molecule has 244 valence electrons. The van der Waals surface area contributed by atoms with Gasteiger partial charge in [0.2, 0.25) is 0 Å². The number of urea groups is 1. The Hall–Kier alpha value is -4.39. The molecule has 3 N–H and O–H groups in total. The van der Waals surface area contributed by atoms with E-state index in [0.717, 1.165) is 22.9 Å². The first-order valence-corrected chi connectivity index (χ1v) is 14.7. The summed E-state index contributed by atoms with van der Waals surface area (Å²) in [5.41, 5.74) is 7.83. The predicted octanol–water partition coefficient (Wildman–Crippen LogP) is 8.20. The van der Waals surface area contributed by atoms with Gasteiger partial charge in [-0.25, -0.2) is 13.9 Å². The Kier molecular flexibility index (Phi) is 8.91. The number of anilines is 1. The molecule has 0 saturated carbocycles. The molecule has 1 aliphatic rings. The maximum Gasteiger partial charge on any atom is 0.416 e. The van der Waals surface area contributed by atoms with Gasteiger partial charge in [0.05, 0.1) is 33.9 Å². The molecule has 13 heteroatoms. The Morgan fingerprint density at radius 3 is 2.22 bits per heavy atom. The number of rotatable bonds is 7. The van der Waals surface area contributed by atoms with E-state index in [4.69, 9.17) is 10.8 Å². The van der Waals surface area contributed by atoms with Crippen molar-refractivity contribution in [3.63, 3.8) is 0 Å². The second-order valence-electron chi connectivity index (χ2n) is 11.3. The number of amides is 2. The third kappa shape index (κ3) is 6.46. The van der Waals surface area contributed by atoms with Crippen LogP contribution in [-0.2, 0) is 44.7 Å². The van der Waals surface area contributed by atoms with Crippen LogP contribution in [0.2, 0.25) is 0 Å². The molecule has 2 heterocycles. The maximum absolute atomic E-state index is 15.4. The lowest BCUT2D eigenvalue weighted by Gasteiger charge is -2.28. The van der Waals surface area contributed by atoms with Gasteiger partial charge in [-0.05, 0) is 66.3 Å². The van der Waals surface area contributed by atoms with Gasteiger partial charge < -0.3 is 11.1 Å². The number of nitrogens with two attached hydrogens (primary N) is 1. The lowest BCUT2D eigenvalue weighted by Crippen LogP contribution is -2.31. The normalized spacial score (nSPS) is 14.0. The number of hydrogen-bond acceptors (Lipinski definition) is 3. The van der Waals surface area contributed by atoms with Crippen LogP contribution in [0, 0.1) is 12.7 Å². The van der Waals surface area contributed by atoms with E-state index in [2.05, 4.69) is 5.32 Å². The SMILES string of the molecule is CCc1cccc(CC)c1-n1nc2c(c1-c1cc(F)c(NC(N)=O)cc1C)CN(Cc1ccc(C(F)(F)F)cc1C(F)(F)F)CC2. The molecule has 2 amide bonds. The molecule has 0 spiro atoms. The number of aryl methyl sites for hydroxylation is 3. The zero-order valence-electron chi connectivity index (χ0n) is 25.3. The van der Waals surface area contributed by atoms with E-state index in [9.17, 15) is 31.1 Å². The van der Waals surface area contributed by atoms with Crippen LogP contribution in [0.5, 0.6) is 0 Å². The predicted molar refractivity (Wildman–Crippen MR) is 160 cm³/mol. The zero-order valence-corrected chi connectivity index (χ0v) is 25.3. The molecule has 5 rings (SSSR count). The molecule has 4 aromatic rings. The van der Waals surface area contributed by atoms with E-state index < -0.39 is 35.3 Å². The van der Waals surface area contributed by atoms with Gasteiger partial charge in [0, 0.05) is 37.2 Å². The van der Waals surface area contributed by atoms with Crippen LogP contribution in [-0.4, -0.2) is 27.3 Å². The molecule has 1 aliphatic heterocycles. The van der Waals surface area contributed by atoms with Crippen LogP contribution in [0.1, 0.15) is 58.5 Å². The number of hydrogen-bond donors (Lipinski definition) is 2. The van der Waals surface area contributed by atoms with Crippen molar-refractivity contribution in [3.8, 4) is 16.9 Å². The first kappa shape index (κ1) is 33.0. The number of halogens is 7. The molecule has 0 unspecified atom stereocenters. The second-order valence-corrected chi connectivity index (χ2v) is 11.3. The average molecular weight is 648 g/mol. The highest BCUT2D eigenvalue weighted by Crippen LogP contribution is 2.40. The fourth-order valence-corrected chi connectivity index (χ4v) is 6.05. The molecule has 1 aromatic heterocycles. The fraction of sp³-hybridized carbons (Fsp3) is 0.333. The van der Waals surface area contributed by atoms with Gasteiger partial charge in [0.15, 0.2) is 0 Å². The third-order valence-electron chi connectivity index (χ3n) is 8.25. The van der Waals surface area contributed by atoms with Crippen molar-refractivity contribution in [3.05, 3.63) is 99.0 Å². The number of alkyl halides is 6. The molecule has 0 saturated heterocycles. The number of nitrogens with zero attached hydrogens (tertiary/aromatic N) is 3. The summed E-state index contributed by atoms with van der Waals surface area (Å²) in [4.78, 5) is 13.2. The van der Waals surface area contributed by atoms with Crippen LogP contribution in [0.25, 0.3) is 16.9 Å². The monoisotopic (exact) mass is 647 g/mol. The van der Waals surface area contributed by atoms with E-state index in [0.29, 0.717) is 60.0 Å². The smallest absolute Gasteiger partial charge is 0.351 e. The van der Waals surface area contributed by atoms with Crippen molar-refractivity contribution >= 4 is 11.7 Å². The van der Waals surface area contributed by atoms with E-state index in [-0.39, 0.29) is 30.4 Å². The largest absolute Gasteiger partial charge is 0.416 e. The summed E-state index contributed by atoms with van der Waals surface area (Å²) in [6, 6.07) is 9.36. The summed E-state index contributed by atoms with van der Waals surface area (Å²) in [7, 11) is 0. The van der Waals surface area contributed by atoms with Crippen molar-refractivity contribution in [2.24, 2.45) is 5.73 Å². The molecule has 3 aromatic carbocycles. The standard InChI is InChI=1S/C33H32F7N5O/c1-4-19-7-6-8-20(5-2)29(19)45-30(23-15-26(34)28(13-18(23)3)42-31(41)46)24-17-44(12-11-27(24)43-45)16-21-9-10-22(32(35,36)37)14-25(21)33(38,39)40/h6-10,13-15H,4-5,11-12,16-17H2,1-3H3,(H3,41,42,46). The number of aromatic nitrogens is 2. The number of nitrogens with one attached hydrogen (secondary N) is 1. The van der Waals surface area contributed by atoms with E-state index in [1.165, 1.54) is 12.1 Å². The van der Waals surface area contributed by atoms with Gasteiger partial charge in [-0.3, -0.25) is 4.90 Å². The van der Waals surface area contributed by atoms with Crippen LogP contribution in [0.4, 0.5) is 41.2 Å². The summed E-state index contributed by atoms with van der Waals surface area (Å²) < 4.78 is 98.8. The number of carbonyl (C=O) groups excluding carboxylic acids is 1. The van der Waals surface area contributed by atoms with Gasteiger partial charge >= 0.3 is 18.4 Å².